The van der Waals surface area contributed by atoms with Crippen molar-refractivity contribution in [3.8, 4) is 0 Å². The molecule has 1 saturated heterocycles. The van der Waals surface area contributed by atoms with Gasteiger partial charge in [-0.1, -0.05) is 0 Å². The van der Waals surface area contributed by atoms with E-state index in [1.807, 2.05) is 0 Å². The molecule has 1 amide bonds. The standard InChI is InChI=1S/C17H18BrFN4O2/c1-22-17(25)15(18)14(10-20-22)23-8-6-11(7-9-23)16(24)21-13-4-2-12(19)3-5-13/h2-5,10-11H,6-9H2,1H3,(H,21,24). The maximum Gasteiger partial charge on any atom is 0.282 e. The van der Waals surface area contributed by atoms with Crippen molar-refractivity contribution in [2.45, 2.75) is 12.8 Å². The summed E-state index contributed by atoms with van der Waals surface area (Å²) in [6.45, 7) is 1.32. The minimum atomic E-state index is -0.334. The monoisotopic (exact) mass is 408 g/mol. The summed E-state index contributed by atoms with van der Waals surface area (Å²) in [5.41, 5.74) is 1.15. The van der Waals surface area contributed by atoms with Gasteiger partial charge >= 0.3 is 0 Å². The van der Waals surface area contributed by atoms with E-state index in [0.29, 0.717) is 36.1 Å². The van der Waals surface area contributed by atoms with Gasteiger partial charge in [0.05, 0.1) is 11.9 Å². The molecule has 25 heavy (non-hydrogen) atoms. The minimum absolute atomic E-state index is 0.0626. The van der Waals surface area contributed by atoms with Crippen LogP contribution in [0, 0.1) is 11.7 Å². The zero-order chi connectivity index (χ0) is 18.0. The molecule has 0 atom stereocenters. The Kier molecular flexibility index (Phi) is 5.17. The van der Waals surface area contributed by atoms with E-state index in [-0.39, 0.29) is 23.2 Å². The van der Waals surface area contributed by atoms with Crippen LogP contribution in [0.5, 0.6) is 0 Å². The van der Waals surface area contributed by atoms with Crippen molar-refractivity contribution in [3.63, 3.8) is 0 Å². The Morgan fingerprint density at radius 3 is 2.56 bits per heavy atom. The summed E-state index contributed by atoms with van der Waals surface area (Å²) >= 11 is 3.34. The van der Waals surface area contributed by atoms with Crippen LogP contribution < -0.4 is 15.8 Å². The molecule has 1 aromatic carbocycles. The van der Waals surface area contributed by atoms with Gasteiger partial charge < -0.3 is 10.2 Å². The fourth-order valence-corrected chi connectivity index (χ4v) is 3.49. The zero-order valence-electron chi connectivity index (χ0n) is 13.7. The summed E-state index contributed by atoms with van der Waals surface area (Å²) in [5, 5.41) is 6.88. The highest BCUT2D eigenvalue weighted by Gasteiger charge is 2.26. The number of aryl methyl sites for hydroxylation is 1. The number of piperidine rings is 1. The van der Waals surface area contributed by atoms with Crippen LogP contribution in [0.2, 0.25) is 0 Å². The number of amides is 1. The van der Waals surface area contributed by atoms with Gasteiger partial charge in [-0.3, -0.25) is 9.59 Å². The third-order valence-corrected chi connectivity index (χ3v) is 5.12. The van der Waals surface area contributed by atoms with E-state index >= 15 is 0 Å². The number of rotatable bonds is 3. The van der Waals surface area contributed by atoms with E-state index in [1.54, 1.807) is 25.4 Å². The lowest BCUT2D eigenvalue weighted by molar-refractivity contribution is -0.120. The molecule has 1 fully saturated rings. The SMILES string of the molecule is Cn1ncc(N2CCC(C(=O)Nc3ccc(F)cc3)CC2)c(Br)c1=O. The average Bonchev–Trinajstić information content (AvgIpc) is 2.62. The molecular weight excluding hydrogens is 391 g/mol. The lowest BCUT2D eigenvalue weighted by Gasteiger charge is -2.33. The second-order valence-electron chi connectivity index (χ2n) is 6.03. The van der Waals surface area contributed by atoms with E-state index in [4.69, 9.17) is 0 Å². The van der Waals surface area contributed by atoms with Crippen molar-refractivity contribution in [2.75, 3.05) is 23.3 Å². The first-order valence-electron chi connectivity index (χ1n) is 7.99. The van der Waals surface area contributed by atoms with E-state index in [0.717, 1.165) is 5.69 Å². The van der Waals surface area contributed by atoms with Crippen molar-refractivity contribution in [1.29, 1.82) is 0 Å². The number of hydrogen-bond acceptors (Lipinski definition) is 4. The Balaban J connectivity index is 1.62. The number of aromatic nitrogens is 2. The normalized spacial score (nSPS) is 15.2. The highest BCUT2D eigenvalue weighted by atomic mass is 79.9. The summed E-state index contributed by atoms with van der Waals surface area (Å²) < 4.78 is 14.7. The Morgan fingerprint density at radius 2 is 1.92 bits per heavy atom. The molecule has 8 heteroatoms. The van der Waals surface area contributed by atoms with Gasteiger partial charge in [-0.25, -0.2) is 9.07 Å². The molecule has 0 aliphatic carbocycles. The third kappa shape index (κ3) is 3.89. The lowest BCUT2D eigenvalue weighted by Crippen LogP contribution is -2.39. The number of carbonyl (C=O) groups is 1. The first-order valence-corrected chi connectivity index (χ1v) is 8.78. The highest BCUT2D eigenvalue weighted by Crippen LogP contribution is 2.27. The van der Waals surface area contributed by atoms with Crippen LogP contribution in [0.3, 0.4) is 0 Å². The van der Waals surface area contributed by atoms with Crippen molar-refractivity contribution < 1.29 is 9.18 Å². The highest BCUT2D eigenvalue weighted by molar-refractivity contribution is 9.10. The smallest absolute Gasteiger partial charge is 0.282 e. The van der Waals surface area contributed by atoms with Gasteiger partial charge in [0.25, 0.3) is 5.56 Å². The summed E-state index contributed by atoms with van der Waals surface area (Å²) in [5.74, 6) is -0.508. The summed E-state index contributed by atoms with van der Waals surface area (Å²) in [4.78, 5) is 26.4. The van der Waals surface area contributed by atoms with Crippen molar-refractivity contribution in [2.24, 2.45) is 13.0 Å². The molecule has 2 heterocycles. The van der Waals surface area contributed by atoms with Gasteiger partial charge in [-0.2, -0.15) is 5.10 Å². The lowest BCUT2D eigenvalue weighted by atomic mass is 9.95. The topological polar surface area (TPSA) is 67.2 Å². The van der Waals surface area contributed by atoms with Crippen LogP contribution >= 0.6 is 15.9 Å². The van der Waals surface area contributed by atoms with Crippen LogP contribution in [0.25, 0.3) is 0 Å². The maximum absolute atomic E-state index is 12.9. The second kappa shape index (κ2) is 7.35. The third-order valence-electron chi connectivity index (χ3n) is 4.38. The molecule has 0 unspecified atom stereocenters. The average molecular weight is 409 g/mol. The molecule has 0 radical (unpaired) electrons. The number of nitrogens with zero attached hydrogens (tertiary/aromatic N) is 3. The molecule has 0 saturated carbocycles. The Hall–Kier alpha value is -2.22. The van der Waals surface area contributed by atoms with Crippen LogP contribution in [-0.2, 0) is 11.8 Å². The number of hydrogen-bond donors (Lipinski definition) is 1. The van der Waals surface area contributed by atoms with Crippen molar-refractivity contribution >= 4 is 33.2 Å². The zero-order valence-corrected chi connectivity index (χ0v) is 15.3. The van der Waals surface area contributed by atoms with E-state index in [2.05, 4.69) is 31.2 Å². The largest absolute Gasteiger partial charge is 0.369 e. The number of benzene rings is 1. The van der Waals surface area contributed by atoms with E-state index in [9.17, 15) is 14.0 Å². The number of carbonyl (C=O) groups excluding carboxylic acids is 1. The predicted octanol–water partition coefficient (Wildman–Crippen LogP) is 2.54. The Morgan fingerprint density at radius 1 is 1.28 bits per heavy atom. The fraction of sp³-hybridized carbons (Fsp3) is 0.353. The van der Waals surface area contributed by atoms with Gasteiger partial charge in [0, 0.05) is 31.7 Å². The van der Waals surface area contributed by atoms with Crippen LogP contribution in [0.4, 0.5) is 15.8 Å². The van der Waals surface area contributed by atoms with Crippen molar-refractivity contribution in [1.82, 2.24) is 9.78 Å². The first-order chi connectivity index (χ1) is 12.0. The number of nitrogens with one attached hydrogen (secondary N) is 1. The Bertz CT molecular complexity index is 830. The molecule has 3 rings (SSSR count). The molecule has 2 aromatic rings. The van der Waals surface area contributed by atoms with Crippen LogP contribution in [0.1, 0.15) is 12.8 Å². The molecule has 0 spiro atoms. The molecule has 1 aliphatic rings. The minimum Gasteiger partial charge on any atom is -0.369 e. The summed E-state index contributed by atoms with van der Waals surface area (Å²) in [6.07, 6.45) is 3.01. The summed E-state index contributed by atoms with van der Waals surface area (Å²) in [7, 11) is 1.60. The molecule has 6 nitrogen and oxygen atoms in total. The van der Waals surface area contributed by atoms with Gasteiger partial charge in [-0.15, -0.1) is 0 Å². The number of anilines is 2. The van der Waals surface area contributed by atoms with Gasteiger partial charge in [0.15, 0.2) is 0 Å². The van der Waals surface area contributed by atoms with Gasteiger partial charge in [0.1, 0.15) is 10.3 Å². The van der Waals surface area contributed by atoms with E-state index < -0.39 is 0 Å². The molecule has 1 N–H and O–H groups in total. The van der Waals surface area contributed by atoms with Gasteiger partial charge in [0.2, 0.25) is 5.91 Å². The molecule has 1 aliphatic heterocycles. The predicted molar refractivity (Wildman–Crippen MR) is 97.1 cm³/mol. The molecular formula is C17H18BrFN4O2. The second-order valence-corrected chi connectivity index (χ2v) is 6.82. The van der Waals surface area contributed by atoms with Crippen molar-refractivity contribution in [3.05, 3.63) is 51.1 Å². The number of halogens is 2. The molecule has 132 valence electrons. The van der Waals surface area contributed by atoms with Crippen LogP contribution in [-0.4, -0.2) is 28.8 Å². The fourth-order valence-electron chi connectivity index (χ4n) is 2.88. The Labute approximate surface area is 152 Å². The van der Waals surface area contributed by atoms with Gasteiger partial charge in [-0.05, 0) is 53.0 Å². The molecule has 1 aromatic heterocycles. The van der Waals surface area contributed by atoms with Crippen LogP contribution in [0.15, 0.2) is 39.7 Å². The molecule has 0 bridgehead atoms. The summed E-state index contributed by atoms with van der Waals surface area (Å²) in [6, 6.07) is 5.73. The van der Waals surface area contributed by atoms with E-state index in [1.165, 1.54) is 16.8 Å². The first kappa shape index (κ1) is 17.6. The quantitative estimate of drug-likeness (QED) is 0.846. The maximum atomic E-state index is 12.9.